The first-order valence-electron chi connectivity index (χ1n) is 4.26. The number of nitrogens with two attached hydrogens (primary N) is 1. The summed E-state index contributed by atoms with van der Waals surface area (Å²) in [6, 6.07) is 4.19. The zero-order valence-corrected chi connectivity index (χ0v) is 7.72. The largest absolute Gasteiger partial charge is 0.366 e. The average Bonchev–Trinajstić information content (AvgIpc) is 2.69. The van der Waals surface area contributed by atoms with Crippen molar-refractivity contribution in [2.45, 2.75) is 0 Å². The lowest BCUT2D eigenvalue weighted by Crippen LogP contribution is -2.13. The fraction of sp³-hybridized carbons (Fsp3) is 0. The molecule has 2 aromatic rings. The van der Waals surface area contributed by atoms with E-state index in [9.17, 15) is 9.18 Å². The standard InChI is InChI=1S/C10H8FN3O/c11-9-5-7(14-4-3-13-6-14)1-2-8(9)10(12)15/h1-6H,(H2,12,15). The number of carbonyl (C=O) groups is 1. The van der Waals surface area contributed by atoms with Crippen molar-refractivity contribution in [3.63, 3.8) is 0 Å². The molecule has 76 valence electrons. The van der Waals surface area contributed by atoms with E-state index < -0.39 is 11.7 Å². The van der Waals surface area contributed by atoms with Gasteiger partial charge in [-0.25, -0.2) is 9.37 Å². The molecule has 15 heavy (non-hydrogen) atoms. The fourth-order valence-electron chi connectivity index (χ4n) is 1.28. The summed E-state index contributed by atoms with van der Waals surface area (Å²) in [4.78, 5) is 14.6. The molecule has 0 atom stereocenters. The molecule has 0 aliphatic heterocycles. The van der Waals surface area contributed by atoms with Crippen LogP contribution >= 0.6 is 0 Å². The minimum Gasteiger partial charge on any atom is -0.366 e. The van der Waals surface area contributed by atoms with Crippen LogP contribution in [0.4, 0.5) is 4.39 Å². The van der Waals surface area contributed by atoms with Crippen molar-refractivity contribution < 1.29 is 9.18 Å². The first kappa shape index (κ1) is 9.39. The quantitative estimate of drug-likeness (QED) is 0.798. The Bertz CT molecular complexity index is 493. The van der Waals surface area contributed by atoms with Crippen LogP contribution < -0.4 is 5.73 Å². The summed E-state index contributed by atoms with van der Waals surface area (Å²) in [5.41, 5.74) is 5.47. The number of carbonyl (C=O) groups excluding carboxylic acids is 1. The van der Waals surface area contributed by atoms with Gasteiger partial charge in [-0.05, 0) is 18.2 Å². The molecule has 2 rings (SSSR count). The Morgan fingerprint density at radius 1 is 1.47 bits per heavy atom. The van der Waals surface area contributed by atoms with E-state index >= 15 is 0 Å². The van der Waals surface area contributed by atoms with Gasteiger partial charge in [-0.1, -0.05) is 0 Å². The van der Waals surface area contributed by atoms with E-state index in [1.165, 1.54) is 12.1 Å². The highest BCUT2D eigenvalue weighted by molar-refractivity contribution is 5.93. The van der Waals surface area contributed by atoms with E-state index in [-0.39, 0.29) is 5.56 Å². The number of rotatable bonds is 2. The van der Waals surface area contributed by atoms with Gasteiger partial charge in [0.1, 0.15) is 5.82 Å². The molecule has 1 heterocycles. The van der Waals surface area contributed by atoms with E-state index in [4.69, 9.17) is 5.73 Å². The minimum atomic E-state index is -0.773. The molecule has 0 aliphatic carbocycles. The molecule has 1 aromatic heterocycles. The molecule has 0 saturated heterocycles. The van der Waals surface area contributed by atoms with Crippen molar-refractivity contribution in [1.82, 2.24) is 9.55 Å². The minimum absolute atomic E-state index is 0.112. The van der Waals surface area contributed by atoms with E-state index in [1.807, 2.05) is 0 Å². The zero-order chi connectivity index (χ0) is 10.8. The number of hydrogen-bond donors (Lipinski definition) is 1. The van der Waals surface area contributed by atoms with Gasteiger partial charge in [-0.15, -0.1) is 0 Å². The number of primary amides is 1. The highest BCUT2D eigenvalue weighted by atomic mass is 19.1. The van der Waals surface area contributed by atoms with Crippen LogP contribution in [0.2, 0.25) is 0 Å². The van der Waals surface area contributed by atoms with Crippen molar-refractivity contribution in [3.8, 4) is 5.69 Å². The molecule has 0 spiro atoms. The maximum Gasteiger partial charge on any atom is 0.251 e. The van der Waals surface area contributed by atoms with Crippen molar-refractivity contribution in [2.75, 3.05) is 0 Å². The second-order valence-corrected chi connectivity index (χ2v) is 3.00. The van der Waals surface area contributed by atoms with Crippen molar-refractivity contribution >= 4 is 5.91 Å². The highest BCUT2D eigenvalue weighted by Crippen LogP contribution is 2.13. The summed E-state index contributed by atoms with van der Waals surface area (Å²) in [5, 5.41) is 0. The lowest BCUT2D eigenvalue weighted by atomic mass is 10.2. The first-order valence-corrected chi connectivity index (χ1v) is 4.26. The molecule has 0 saturated carbocycles. The number of hydrogen-bond acceptors (Lipinski definition) is 2. The summed E-state index contributed by atoms with van der Waals surface area (Å²) in [6.45, 7) is 0. The van der Waals surface area contributed by atoms with E-state index in [1.54, 1.807) is 29.4 Å². The van der Waals surface area contributed by atoms with Crippen LogP contribution in [0, 0.1) is 5.82 Å². The Morgan fingerprint density at radius 3 is 2.80 bits per heavy atom. The lowest BCUT2D eigenvalue weighted by Gasteiger charge is -2.03. The summed E-state index contributed by atoms with van der Waals surface area (Å²) in [5.74, 6) is -1.40. The molecule has 2 N–H and O–H groups in total. The first-order chi connectivity index (χ1) is 7.18. The number of amides is 1. The van der Waals surface area contributed by atoms with Gasteiger partial charge in [0.05, 0.1) is 11.9 Å². The maximum absolute atomic E-state index is 13.4. The normalized spacial score (nSPS) is 10.2. The van der Waals surface area contributed by atoms with E-state index in [0.29, 0.717) is 5.69 Å². The van der Waals surface area contributed by atoms with Crippen LogP contribution in [0.1, 0.15) is 10.4 Å². The Balaban J connectivity index is 2.47. The van der Waals surface area contributed by atoms with Gasteiger partial charge in [0.15, 0.2) is 0 Å². The van der Waals surface area contributed by atoms with Crippen molar-refractivity contribution in [2.24, 2.45) is 5.73 Å². The number of aromatic nitrogens is 2. The molecule has 1 aromatic carbocycles. The third kappa shape index (κ3) is 1.71. The monoisotopic (exact) mass is 205 g/mol. The third-order valence-corrected chi connectivity index (χ3v) is 2.02. The number of nitrogens with zero attached hydrogens (tertiary/aromatic N) is 2. The van der Waals surface area contributed by atoms with Gasteiger partial charge < -0.3 is 10.3 Å². The van der Waals surface area contributed by atoms with Gasteiger partial charge in [0.25, 0.3) is 5.91 Å². The molecule has 0 aliphatic rings. The van der Waals surface area contributed by atoms with Gasteiger partial charge in [-0.3, -0.25) is 4.79 Å². The Kier molecular flexibility index (Phi) is 2.21. The summed E-state index contributed by atoms with van der Waals surface area (Å²) < 4.78 is 15.0. The fourth-order valence-corrected chi connectivity index (χ4v) is 1.28. The van der Waals surface area contributed by atoms with Gasteiger partial charge in [0.2, 0.25) is 0 Å². The summed E-state index contributed by atoms with van der Waals surface area (Å²) >= 11 is 0. The molecular formula is C10H8FN3O. The van der Waals surface area contributed by atoms with Gasteiger partial charge in [0, 0.05) is 18.1 Å². The number of imidazole rings is 1. The lowest BCUT2D eigenvalue weighted by molar-refractivity contribution is 0.0996. The molecular weight excluding hydrogens is 197 g/mol. The molecule has 4 nitrogen and oxygen atoms in total. The van der Waals surface area contributed by atoms with Crippen LogP contribution in [0.3, 0.4) is 0 Å². The zero-order valence-electron chi connectivity index (χ0n) is 7.72. The third-order valence-electron chi connectivity index (χ3n) is 2.02. The number of benzene rings is 1. The summed E-state index contributed by atoms with van der Waals surface area (Å²) in [7, 11) is 0. The van der Waals surface area contributed by atoms with E-state index in [0.717, 1.165) is 0 Å². The average molecular weight is 205 g/mol. The molecule has 0 radical (unpaired) electrons. The predicted octanol–water partition coefficient (Wildman–Crippen LogP) is 1.11. The van der Waals surface area contributed by atoms with Crippen LogP contribution in [0.25, 0.3) is 5.69 Å². The smallest absolute Gasteiger partial charge is 0.251 e. The molecule has 0 bridgehead atoms. The second-order valence-electron chi connectivity index (χ2n) is 3.00. The van der Waals surface area contributed by atoms with Crippen LogP contribution in [0.15, 0.2) is 36.9 Å². The van der Waals surface area contributed by atoms with Gasteiger partial charge >= 0.3 is 0 Å². The maximum atomic E-state index is 13.4. The molecule has 1 amide bonds. The Morgan fingerprint density at radius 2 is 2.27 bits per heavy atom. The predicted molar refractivity (Wildman–Crippen MR) is 52.0 cm³/mol. The van der Waals surface area contributed by atoms with Crippen LogP contribution in [-0.2, 0) is 0 Å². The molecule has 5 heteroatoms. The Hall–Kier alpha value is -2.17. The van der Waals surface area contributed by atoms with Gasteiger partial charge in [-0.2, -0.15) is 0 Å². The second kappa shape index (κ2) is 3.53. The summed E-state index contributed by atoms with van der Waals surface area (Å²) in [6.07, 6.45) is 4.80. The van der Waals surface area contributed by atoms with Crippen LogP contribution in [0.5, 0.6) is 0 Å². The van der Waals surface area contributed by atoms with Crippen LogP contribution in [-0.4, -0.2) is 15.5 Å². The topological polar surface area (TPSA) is 60.9 Å². The van der Waals surface area contributed by atoms with Crippen molar-refractivity contribution in [3.05, 3.63) is 48.3 Å². The molecule has 0 fully saturated rings. The highest BCUT2D eigenvalue weighted by Gasteiger charge is 2.08. The SMILES string of the molecule is NC(=O)c1ccc(-n2ccnc2)cc1F. The number of halogens is 1. The molecule has 0 unspecified atom stereocenters. The van der Waals surface area contributed by atoms with E-state index in [2.05, 4.69) is 4.98 Å². The van der Waals surface area contributed by atoms with Crippen molar-refractivity contribution in [1.29, 1.82) is 0 Å². The Labute approximate surface area is 85.2 Å².